The first-order chi connectivity index (χ1) is 11.6. The summed E-state index contributed by atoms with van der Waals surface area (Å²) in [6.45, 7) is 0.478. The Morgan fingerprint density at radius 2 is 1.83 bits per heavy atom. The number of halogens is 2. The molecule has 2 aromatic carbocycles. The van der Waals surface area contributed by atoms with Crippen molar-refractivity contribution >= 4 is 35.4 Å². The second-order valence-electron chi connectivity index (χ2n) is 5.64. The fourth-order valence-electron chi connectivity index (χ4n) is 3.02. The summed E-state index contributed by atoms with van der Waals surface area (Å²) in [6.07, 6.45) is 1.37. The van der Waals surface area contributed by atoms with Gasteiger partial charge in [0, 0.05) is 21.2 Å². The molecule has 2 heterocycles. The molecule has 4 rings (SSSR count). The minimum absolute atomic E-state index is 0.198. The van der Waals surface area contributed by atoms with Crippen molar-refractivity contribution in [3.05, 3.63) is 80.8 Å². The predicted octanol–water partition coefficient (Wildman–Crippen LogP) is 4.91. The van der Waals surface area contributed by atoms with Gasteiger partial charge >= 0.3 is 0 Å². The Labute approximate surface area is 154 Å². The summed E-state index contributed by atoms with van der Waals surface area (Å²) in [7, 11) is 0. The first-order valence-corrected chi connectivity index (χ1v) is 8.56. The first-order valence-electron chi connectivity index (χ1n) is 7.39. The second-order valence-corrected chi connectivity index (χ2v) is 6.82. The van der Waals surface area contributed by atoms with Gasteiger partial charge in [-0.1, -0.05) is 59.6 Å². The predicted molar refractivity (Wildman–Crippen MR) is 95.8 cm³/mol. The van der Waals surface area contributed by atoms with Gasteiger partial charge < -0.3 is 4.74 Å². The monoisotopic (exact) mass is 377 g/mol. The summed E-state index contributed by atoms with van der Waals surface area (Å²) >= 11 is 18.1. The standard InChI is InChI=1S/C17H13Cl2N3OS/c18-13-7-3-1-5-11(13)15-17(23-15,9-22-16(24)20-10-21-22)12-6-2-4-8-14(12)19/h1-8,10,15H,9H2,(H,20,21,24)/t15-,17-/m0/s1. The zero-order valence-electron chi connectivity index (χ0n) is 12.4. The molecule has 4 nitrogen and oxygen atoms in total. The summed E-state index contributed by atoms with van der Waals surface area (Å²) < 4.78 is 8.42. The number of rotatable bonds is 4. The number of aromatic amines is 1. The Morgan fingerprint density at radius 1 is 1.12 bits per heavy atom. The Bertz CT molecular complexity index is 955. The molecule has 7 heteroatoms. The second kappa shape index (κ2) is 6.01. The Kier molecular flexibility index (Phi) is 3.96. The van der Waals surface area contributed by atoms with Gasteiger partial charge in [0.25, 0.3) is 0 Å². The molecule has 1 N–H and O–H groups in total. The average molecular weight is 378 g/mol. The van der Waals surface area contributed by atoms with Crippen LogP contribution in [0.5, 0.6) is 0 Å². The lowest BCUT2D eigenvalue weighted by Gasteiger charge is -2.16. The third kappa shape index (κ3) is 2.58. The van der Waals surface area contributed by atoms with Crippen LogP contribution in [0.25, 0.3) is 0 Å². The molecule has 3 aromatic rings. The third-order valence-electron chi connectivity index (χ3n) is 4.22. The molecule has 2 atom stereocenters. The number of nitrogens with zero attached hydrogens (tertiary/aromatic N) is 2. The molecular formula is C17H13Cl2N3OS. The van der Waals surface area contributed by atoms with Crippen molar-refractivity contribution in [2.24, 2.45) is 0 Å². The minimum atomic E-state index is -0.631. The van der Waals surface area contributed by atoms with Gasteiger partial charge in [0.05, 0.1) is 6.54 Å². The lowest BCUT2D eigenvalue weighted by Crippen LogP contribution is -2.20. The summed E-state index contributed by atoms with van der Waals surface area (Å²) in [4.78, 5) is 4.07. The van der Waals surface area contributed by atoms with Crippen molar-refractivity contribution in [2.45, 2.75) is 18.2 Å². The number of nitrogens with one attached hydrogen (secondary N) is 1. The Balaban J connectivity index is 1.81. The lowest BCUT2D eigenvalue weighted by atomic mass is 9.91. The topological polar surface area (TPSA) is 46.1 Å². The summed E-state index contributed by atoms with van der Waals surface area (Å²) in [5, 5.41) is 4.34. The van der Waals surface area contributed by atoms with E-state index in [1.54, 1.807) is 11.0 Å². The first kappa shape index (κ1) is 15.8. The Morgan fingerprint density at radius 3 is 2.50 bits per heavy atom. The highest BCUT2D eigenvalue weighted by atomic mass is 35.5. The largest absolute Gasteiger partial charge is 0.354 e. The van der Waals surface area contributed by atoms with E-state index in [0.717, 1.165) is 11.1 Å². The van der Waals surface area contributed by atoms with E-state index in [9.17, 15) is 0 Å². The number of benzene rings is 2. The number of H-pyrrole nitrogens is 1. The van der Waals surface area contributed by atoms with Gasteiger partial charge in [-0.3, -0.25) is 9.78 Å². The van der Waals surface area contributed by atoms with Gasteiger partial charge in [-0.25, -0.2) is 4.98 Å². The fourth-order valence-corrected chi connectivity index (χ4v) is 3.72. The number of hydrogen-bond acceptors (Lipinski definition) is 3. The van der Waals surface area contributed by atoms with Gasteiger partial charge in [0.15, 0.2) is 0 Å². The van der Waals surface area contributed by atoms with Crippen LogP contribution in [-0.2, 0) is 16.9 Å². The molecule has 1 aromatic heterocycles. The van der Waals surface area contributed by atoms with E-state index in [-0.39, 0.29) is 6.10 Å². The number of epoxide rings is 1. The van der Waals surface area contributed by atoms with Crippen molar-refractivity contribution in [1.29, 1.82) is 0 Å². The fraction of sp³-hybridized carbons (Fsp3) is 0.176. The van der Waals surface area contributed by atoms with Gasteiger partial charge in [0.2, 0.25) is 4.77 Å². The van der Waals surface area contributed by atoms with Crippen molar-refractivity contribution in [2.75, 3.05) is 0 Å². The highest BCUT2D eigenvalue weighted by molar-refractivity contribution is 7.71. The summed E-state index contributed by atoms with van der Waals surface area (Å²) in [6, 6.07) is 15.3. The van der Waals surface area contributed by atoms with Crippen LogP contribution in [-0.4, -0.2) is 14.8 Å². The maximum absolute atomic E-state index is 6.45. The van der Waals surface area contributed by atoms with Crippen molar-refractivity contribution in [3.63, 3.8) is 0 Å². The molecule has 0 saturated carbocycles. The van der Waals surface area contributed by atoms with Crippen LogP contribution < -0.4 is 0 Å². The number of aromatic nitrogens is 3. The molecule has 1 aliphatic rings. The zero-order chi connectivity index (χ0) is 16.7. The van der Waals surface area contributed by atoms with E-state index in [1.165, 1.54) is 0 Å². The minimum Gasteiger partial charge on any atom is -0.354 e. The number of ether oxygens (including phenoxy) is 1. The maximum Gasteiger partial charge on any atom is 0.215 e. The van der Waals surface area contributed by atoms with E-state index in [0.29, 0.717) is 21.4 Å². The maximum atomic E-state index is 6.45. The SMILES string of the molecule is S=c1nc[nH]n1C[C@@]1(c2ccccc2Cl)O[C@H]1c1ccccc1Cl. The lowest BCUT2D eigenvalue weighted by molar-refractivity contribution is 0.262. The van der Waals surface area contributed by atoms with Gasteiger partial charge in [-0.05, 0) is 24.4 Å². The van der Waals surface area contributed by atoms with Crippen LogP contribution >= 0.6 is 35.4 Å². The van der Waals surface area contributed by atoms with Crippen molar-refractivity contribution in [3.8, 4) is 0 Å². The molecule has 122 valence electrons. The van der Waals surface area contributed by atoms with Crippen molar-refractivity contribution < 1.29 is 4.74 Å². The molecule has 0 bridgehead atoms. The molecule has 0 radical (unpaired) electrons. The molecule has 0 aliphatic carbocycles. The van der Waals surface area contributed by atoms with Crippen molar-refractivity contribution in [1.82, 2.24) is 14.8 Å². The molecule has 1 fully saturated rings. The van der Waals surface area contributed by atoms with E-state index in [4.69, 9.17) is 40.2 Å². The Hall–Kier alpha value is -1.66. The molecule has 1 aliphatic heterocycles. The summed E-state index contributed by atoms with van der Waals surface area (Å²) in [5.41, 5.74) is 1.21. The van der Waals surface area contributed by atoms with E-state index in [2.05, 4.69) is 10.1 Å². The molecule has 0 spiro atoms. The van der Waals surface area contributed by atoms with E-state index < -0.39 is 5.60 Å². The highest BCUT2D eigenvalue weighted by Crippen LogP contribution is 2.60. The molecule has 24 heavy (non-hydrogen) atoms. The normalized spacial score (nSPS) is 22.5. The van der Waals surface area contributed by atoms with Gasteiger partial charge in [0.1, 0.15) is 18.0 Å². The van der Waals surface area contributed by atoms with Crippen LogP contribution in [0.15, 0.2) is 54.9 Å². The van der Waals surface area contributed by atoms with Crippen LogP contribution in [0, 0.1) is 4.77 Å². The van der Waals surface area contributed by atoms with E-state index in [1.807, 2.05) is 48.5 Å². The van der Waals surface area contributed by atoms with Gasteiger partial charge in [-0.15, -0.1) is 0 Å². The average Bonchev–Trinajstić information content (AvgIpc) is 3.15. The van der Waals surface area contributed by atoms with Crippen LogP contribution in [0.1, 0.15) is 17.2 Å². The highest BCUT2D eigenvalue weighted by Gasteiger charge is 2.60. The molecule has 0 unspecified atom stereocenters. The quantitative estimate of drug-likeness (QED) is 0.518. The summed E-state index contributed by atoms with van der Waals surface area (Å²) in [5.74, 6) is 0. The van der Waals surface area contributed by atoms with E-state index >= 15 is 0 Å². The third-order valence-corrected chi connectivity index (χ3v) is 5.22. The van der Waals surface area contributed by atoms with Gasteiger partial charge in [-0.2, -0.15) is 0 Å². The molecule has 1 saturated heterocycles. The van der Waals surface area contributed by atoms with Crippen LogP contribution in [0.3, 0.4) is 0 Å². The smallest absolute Gasteiger partial charge is 0.215 e. The number of hydrogen-bond donors (Lipinski definition) is 1. The van der Waals surface area contributed by atoms with Crippen LogP contribution in [0.4, 0.5) is 0 Å². The van der Waals surface area contributed by atoms with Crippen LogP contribution in [0.2, 0.25) is 10.0 Å². The zero-order valence-corrected chi connectivity index (χ0v) is 14.8. The molecule has 0 amide bonds. The molecular weight excluding hydrogens is 365 g/mol.